The minimum Gasteiger partial charge on any atom is -0.483 e. The van der Waals surface area contributed by atoms with Crippen LogP contribution in [-0.2, 0) is 27.5 Å². The molecule has 0 saturated carbocycles. The molecule has 3 aliphatic heterocycles. The van der Waals surface area contributed by atoms with Gasteiger partial charge in [0, 0.05) is 65.3 Å². The number of piperidine rings is 1. The summed E-state index contributed by atoms with van der Waals surface area (Å²) in [7, 11) is 0. The molecule has 3 heterocycles. The van der Waals surface area contributed by atoms with Crippen molar-refractivity contribution in [3.63, 3.8) is 0 Å². The Kier molecular flexibility index (Phi) is 11.5. The van der Waals surface area contributed by atoms with Crippen LogP contribution >= 0.6 is 0 Å². The summed E-state index contributed by atoms with van der Waals surface area (Å²) in [6.45, 7) is 17.3. The van der Waals surface area contributed by atoms with Gasteiger partial charge in [0.1, 0.15) is 0 Å². The van der Waals surface area contributed by atoms with Crippen molar-refractivity contribution in [3.05, 3.63) is 34.4 Å². The average Bonchev–Trinajstić information content (AvgIpc) is 3.20. The second-order valence-electron chi connectivity index (χ2n) is 9.35. The molecule has 9 heteroatoms. The molecular weight excluding hydrogens is 436 g/mol. The second kappa shape index (κ2) is 14.0. The molecule has 0 spiro atoms. The fourth-order valence-electron chi connectivity index (χ4n) is 5.27. The van der Waals surface area contributed by atoms with Crippen LogP contribution in [0, 0.1) is 25.7 Å². The number of aryl methyl sites for hydroxylation is 1. The highest BCUT2D eigenvalue weighted by Gasteiger charge is 2.37. The first-order valence-electron chi connectivity index (χ1n) is 12.0. The maximum absolute atomic E-state index is 11.7. The first-order valence-corrected chi connectivity index (χ1v) is 12.0. The molecule has 3 aliphatic rings. The Labute approximate surface area is 202 Å². The predicted octanol–water partition coefficient (Wildman–Crippen LogP) is 1.41. The maximum Gasteiger partial charge on any atom is 0.290 e. The summed E-state index contributed by atoms with van der Waals surface area (Å²) in [5.41, 5.74) is 5.80. The zero-order valence-corrected chi connectivity index (χ0v) is 20.7. The van der Waals surface area contributed by atoms with Crippen LogP contribution in [0.15, 0.2) is 12.1 Å². The molecule has 2 atom stereocenters. The standard InChI is InChI=1S/C23H36N4O.2CH2O2/c1-4-25-5-7-26(8-6-25)13-19-9-17(2)10-20(18(19)3)14-27-15-21-11-23(28)24-12-22(21)16-27;2*2-1-3/h9-10,21-22H,4-8,11-16H2,1-3H3,(H,24,28);2*1H,(H,2,3)/t21-,22+;;/m1../s1. The lowest BCUT2D eigenvalue weighted by Gasteiger charge is -2.34. The highest BCUT2D eigenvalue weighted by Crippen LogP contribution is 2.30. The molecule has 34 heavy (non-hydrogen) atoms. The van der Waals surface area contributed by atoms with Crippen LogP contribution in [0.4, 0.5) is 0 Å². The van der Waals surface area contributed by atoms with Crippen LogP contribution < -0.4 is 5.32 Å². The summed E-state index contributed by atoms with van der Waals surface area (Å²) in [6.07, 6.45) is 0.711. The number of amides is 1. The smallest absolute Gasteiger partial charge is 0.290 e. The SMILES string of the molecule is CCN1CCN(Cc2cc(C)cc(CN3C[C@H]4CC(=O)NC[C@H]4C3)c2C)CC1.O=CO.O=CO. The third-order valence-corrected chi connectivity index (χ3v) is 7.13. The number of likely N-dealkylation sites (tertiary alicyclic amines) is 1. The summed E-state index contributed by atoms with van der Waals surface area (Å²) in [4.78, 5) is 36.1. The summed E-state index contributed by atoms with van der Waals surface area (Å²) in [6, 6.07) is 4.76. The third kappa shape index (κ3) is 8.07. The van der Waals surface area contributed by atoms with E-state index in [1.165, 1.54) is 55.0 Å². The van der Waals surface area contributed by atoms with Gasteiger partial charge in [-0.25, -0.2) is 0 Å². The fourth-order valence-corrected chi connectivity index (χ4v) is 5.27. The zero-order valence-electron chi connectivity index (χ0n) is 20.7. The topological polar surface area (TPSA) is 113 Å². The molecule has 0 aliphatic carbocycles. The zero-order chi connectivity index (χ0) is 25.1. The lowest BCUT2D eigenvalue weighted by Crippen LogP contribution is -2.45. The van der Waals surface area contributed by atoms with E-state index in [-0.39, 0.29) is 18.9 Å². The number of hydrogen-bond donors (Lipinski definition) is 3. The van der Waals surface area contributed by atoms with Gasteiger partial charge in [0.05, 0.1) is 0 Å². The molecule has 0 unspecified atom stereocenters. The molecule has 1 aromatic carbocycles. The quantitative estimate of drug-likeness (QED) is 0.547. The number of nitrogens with one attached hydrogen (secondary N) is 1. The molecule has 3 N–H and O–H groups in total. The first-order chi connectivity index (χ1) is 16.3. The average molecular weight is 477 g/mol. The van der Waals surface area contributed by atoms with Gasteiger partial charge in [0.15, 0.2) is 0 Å². The molecule has 0 radical (unpaired) electrons. The maximum atomic E-state index is 11.7. The van der Waals surface area contributed by atoms with Gasteiger partial charge in [-0.2, -0.15) is 0 Å². The molecule has 4 rings (SSSR count). The minimum atomic E-state index is -0.250. The number of carbonyl (C=O) groups excluding carboxylic acids is 1. The van der Waals surface area contributed by atoms with Gasteiger partial charge in [-0.1, -0.05) is 24.6 Å². The molecule has 0 bridgehead atoms. The number of piperazine rings is 1. The molecule has 1 amide bonds. The van der Waals surface area contributed by atoms with Crippen molar-refractivity contribution in [2.45, 2.75) is 40.3 Å². The second-order valence-corrected chi connectivity index (χ2v) is 9.35. The molecule has 3 fully saturated rings. The Morgan fingerprint density at radius 2 is 1.41 bits per heavy atom. The normalized spacial score (nSPS) is 23.0. The van der Waals surface area contributed by atoms with Crippen LogP contribution in [0.5, 0.6) is 0 Å². The summed E-state index contributed by atoms with van der Waals surface area (Å²) in [5, 5.41) is 16.8. The fraction of sp³-hybridized carbons (Fsp3) is 0.640. The van der Waals surface area contributed by atoms with Crippen molar-refractivity contribution in [2.24, 2.45) is 11.8 Å². The Balaban J connectivity index is 0.000000618. The number of carboxylic acid groups (broad SMARTS) is 2. The van der Waals surface area contributed by atoms with Crippen molar-refractivity contribution in [3.8, 4) is 0 Å². The van der Waals surface area contributed by atoms with Crippen molar-refractivity contribution >= 4 is 18.9 Å². The van der Waals surface area contributed by atoms with E-state index in [1.54, 1.807) is 0 Å². The Morgan fingerprint density at radius 1 is 0.912 bits per heavy atom. The molecular formula is C25H40N4O5. The van der Waals surface area contributed by atoms with Gasteiger partial charge >= 0.3 is 0 Å². The van der Waals surface area contributed by atoms with E-state index in [1.807, 2.05) is 0 Å². The van der Waals surface area contributed by atoms with E-state index in [4.69, 9.17) is 19.8 Å². The van der Waals surface area contributed by atoms with E-state index in [9.17, 15) is 4.79 Å². The van der Waals surface area contributed by atoms with Crippen molar-refractivity contribution < 1.29 is 24.6 Å². The van der Waals surface area contributed by atoms with Gasteiger partial charge in [-0.15, -0.1) is 0 Å². The number of benzene rings is 1. The number of likely N-dealkylation sites (N-methyl/N-ethyl adjacent to an activating group) is 1. The van der Waals surface area contributed by atoms with Crippen LogP contribution in [0.1, 0.15) is 35.6 Å². The number of hydrogen-bond acceptors (Lipinski definition) is 6. The Morgan fingerprint density at radius 3 is 1.97 bits per heavy atom. The van der Waals surface area contributed by atoms with Gasteiger partial charge in [-0.3, -0.25) is 24.2 Å². The van der Waals surface area contributed by atoms with E-state index < -0.39 is 0 Å². The van der Waals surface area contributed by atoms with Gasteiger partial charge in [0.25, 0.3) is 12.9 Å². The lowest BCUT2D eigenvalue weighted by molar-refractivity contribution is -0.124. The number of nitrogens with zero attached hydrogens (tertiary/aromatic N) is 3. The van der Waals surface area contributed by atoms with E-state index in [0.29, 0.717) is 18.3 Å². The third-order valence-electron chi connectivity index (χ3n) is 7.13. The lowest BCUT2D eigenvalue weighted by atomic mass is 9.89. The summed E-state index contributed by atoms with van der Waals surface area (Å²) < 4.78 is 0. The molecule has 9 nitrogen and oxygen atoms in total. The summed E-state index contributed by atoms with van der Waals surface area (Å²) >= 11 is 0. The summed E-state index contributed by atoms with van der Waals surface area (Å²) in [5.74, 6) is 1.42. The van der Waals surface area contributed by atoms with Gasteiger partial charge in [0.2, 0.25) is 5.91 Å². The largest absolute Gasteiger partial charge is 0.483 e. The first kappa shape index (κ1) is 27.8. The van der Waals surface area contributed by atoms with Crippen LogP contribution in [0.25, 0.3) is 0 Å². The minimum absolute atomic E-state index is 0.236. The van der Waals surface area contributed by atoms with Gasteiger partial charge < -0.3 is 20.4 Å². The van der Waals surface area contributed by atoms with Gasteiger partial charge in [-0.05, 0) is 48.9 Å². The van der Waals surface area contributed by atoms with Crippen molar-refractivity contribution in [1.82, 2.24) is 20.0 Å². The van der Waals surface area contributed by atoms with Crippen LogP contribution in [-0.4, -0.2) is 96.1 Å². The van der Waals surface area contributed by atoms with E-state index in [0.717, 1.165) is 32.7 Å². The van der Waals surface area contributed by atoms with Crippen LogP contribution in [0.3, 0.4) is 0 Å². The van der Waals surface area contributed by atoms with Crippen molar-refractivity contribution in [2.75, 3.05) is 52.4 Å². The monoisotopic (exact) mass is 476 g/mol. The highest BCUT2D eigenvalue weighted by molar-refractivity contribution is 5.77. The van der Waals surface area contributed by atoms with Crippen LogP contribution in [0.2, 0.25) is 0 Å². The van der Waals surface area contributed by atoms with E-state index >= 15 is 0 Å². The number of carbonyl (C=O) groups is 3. The number of rotatable bonds is 5. The van der Waals surface area contributed by atoms with E-state index in [2.05, 4.69) is 52.9 Å². The Bertz CT molecular complexity index is 805. The Hall–Kier alpha value is -2.49. The number of fused-ring (bicyclic) bond motifs is 1. The molecule has 190 valence electrons. The van der Waals surface area contributed by atoms with Crippen molar-refractivity contribution in [1.29, 1.82) is 0 Å². The molecule has 0 aromatic heterocycles. The predicted molar refractivity (Wildman–Crippen MR) is 131 cm³/mol. The molecule has 1 aromatic rings. The molecule has 3 saturated heterocycles. The highest BCUT2D eigenvalue weighted by atomic mass is 16.3.